The Hall–Kier alpha value is 0.360. The van der Waals surface area contributed by atoms with Crippen LogP contribution in [0.1, 0.15) is 0 Å². The summed E-state index contributed by atoms with van der Waals surface area (Å²) in [6.45, 7) is 1.06. The Bertz CT molecular complexity index is 125. The number of rotatable bonds is 0. The van der Waals surface area contributed by atoms with Crippen molar-refractivity contribution in [2.24, 2.45) is 0 Å². The van der Waals surface area contributed by atoms with Gasteiger partial charge in [0.1, 0.15) is 18.3 Å². The smallest absolute Gasteiger partial charge is 0.113 e. The van der Waals surface area contributed by atoms with Crippen molar-refractivity contribution in [1.82, 2.24) is 0 Å². The summed E-state index contributed by atoms with van der Waals surface area (Å²) in [5, 5.41) is 9.25. The predicted octanol–water partition coefficient (Wildman–Crippen LogP) is -0.0916. The Balaban J connectivity index is 2.09. The first-order chi connectivity index (χ1) is 4.79. The number of alkyl halides is 1. The number of hydrogen-bond donors (Lipinski definition) is 1. The second-order valence-corrected chi connectivity index (χ2v) is 3.86. The van der Waals surface area contributed by atoms with Gasteiger partial charge in [-0.15, -0.1) is 0 Å². The Labute approximate surface area is 67.4 Å². The van der Waals surface area contributed by atoms with E-state index < -0.39 is 6.10 Å². The molecular weight excluding hydrogens is 200 g/mol. The molecular formula is C6H9BrO3. The third-order valence-electron chi connectivity index (χ3n) is 1.97. The zero-order valence-electron chi connectivity index (χ0n) is 5.37. The number of aliphatic hydroxyl groups excluding tert-OH is 1. The molecule has 0 aromatic rings. The summed E-state index contributed by atoms with van der Waals surface area (Å²) in [7, 11) is 0. The lowest BCUT2D eigenvalue weighted by atomic mass is 10.1. The number of aliphatic hydroxyl groups is 1. The molecule has 0 aliphatic carbocycles. The van der Waals surface area contributed by atoms with E-state index in [1.807, 2.05) is 0 Å². The molecule has 4 heteroatoms. The maximum Gasteiger partial charge on any atom is 0.113 e. The van der Waals surface area contributed by atoms with Crippen LogP contribution in [-0.4, -0.2) is 41.5 Å². The molecule has 0 saturated carbocycles. The first kappa shape index (κ1) is 7.03. The second-order valence-electron chi connectivity index (χ2n) is 2.68. The molecule has 58 valence electrons. The van der Waals surface area contributed by atoms with Gasteiger partial charge < -0.3 is 14.6 Å². The van der Waals surface area contributed by atoms with Gasteiger partial charge in [0.15, 0.2) is 0 Å². The van der Waals surface area contributed by atoms with Crippen molar-refractivity contribution in [1.29, 1.82) is 0 Å². The molecule has 3 nitrogen and oxygen atoms in total. The van der Waals surface area contributed by atoms with Crippen LogP contribution < -0.4 is 0 Å². The van der Waals surface area contributed by atoms with Crippen LogP contribution >= 0.6 is 15.9 Å². The van der Waals surface area contributed by atoms with Gasteiger partial charge in [-0.1, -0.05) is 15.9 Å². The van der Waals surface area contributed by atoms with Gasteiger partial charge in [0.25, 0.3) is 0 Å². The van der Waals surface area contributed by atoms with Crippen LogP contribution in [0.4, 0.5) is 0 Å². The second kappa shape index (κ2) is 2.44. The van der Waals surface area contributed by atoms with Crippen molar-refractivity contribution in [2.75, 3.05) is 13.2 Å². The molecule has 2 aliphatic heterocycles. The predicted molar refractivity (Wildman–Crippen MR) is 38.2 cm³/mol. The van der Waals surface area contributed by atoms with E-state index in [0.29, 0.717) is 13.2 Å². The van der Waals surface area contributed by atoms with Crippen molar-refractivity contribution in [3.63, 3.8) is 0 Å². The molecule has 10 heavy (non-hydrogen) atoms. The molecule has 0 aromatic carbocycles. The van der Waals surface area contributed by atoms with Gasteiger partial charge in [0.05, 0.1) is 18.0 Å². The minimum absolute atomic E-state index is 0.0648. The van der Waals surface area contributed by atoms with Gasteiger partial charge >= 0.3 is 0 Å². The minimum Gasteiger partial charge on any atom is -0.388 e. The van der Waals surface area contributed by atoms with Gasteiger partial charge in [-0.2, -0.15) is 0 Å². The molecule has 1 N–H and O–H groups in total. The van der Waals surface area contributed by atoms with E-state index in [1.165, 1.54) is 0 Å². The van der Waals surface area contributed by atoms with Crippen molar-refractivity contribution in [3.05, 3.63) is 0 Å². The number of hydrogen-bond acceptors (Lipinski definition) is 3. The van der Waals surface area contributed by atoms with Crippen molar-refractivity contribution in [2.45, 2.75) is 23.1 Å². The average molecular weight is 209 g/mol. The molecule has 0 amide bonds. The van der Waals surface area contributed by atoms with E-state index in [0.717, 1.165) is 0 Å². The van der Waals surface area contributed by atoms with E-state index >= 15 is 0 Å². The normalized spacial score (nSPS) is 53.4. The van der Waals surface area contributed by atoms with Crippen LogP contribution in [0.3, 0.4) is 0 Å². The zero-order chi connectivity index (χ0) is 7.14. The molecule has 0 aromatic heterocycles. The highest BCUT2D eigenvalue weighted by Gasteiger charge is 2.45. The molecule has 0 spiro atoms. The number of ether oxygens (including phenoxy) is 2. The van der Waals surface area contributed by atoms with Crippen LogP contribution in [0.5, 0.6) is 0 Å². The summed E-state index contributed by atoms with van der Waals surface area (Å²) in [5.41, 5.74) is 0. The van der Waals surface area contributed by atoms with Crippen LogP contribution in [0.25, 0.3) is 0 Å². The molecule has 2 aliphatic rings. The van der Waals surface area contributed by atoms with Crippen LogP contribution in [0.2, 0.25) is 0 Å². The molecule has 4 atom stereocenters. The Morgan fingerprint density at radius 3 is 2.60 bits per heavy atom. The lowest BCUT2D eigenvalue weighted by Gasteiger charge is -2.09. The Morgan fingerprint density at radius 1 is 1.20 bits per heavy atom. The highest BCUT2D eigenvalue weighted by atomic mass is 79.9. The highest BCUT2D eigenvalue weighted by molar-refractivity contribution is 9.09. The van der Waals surface area contributed by atoms with Gasteiger partial charge in [0.2, 0.25) is 0 Å². The van der Waals surface area contributed by atoms with Crippen LogP contribution in [0.15, 0.2) is 0 Å². The van der Waals surface area contributed by atoms with Crippen molar-refractivity contribution in [3.8, 4) is 0 Å². The first-order valence-corrected chi connectivity index (χ1v) is 4.26. The van der Waals surface area contributed by atoms with E-state index in [4.69, 9.17) is 9.47 Å². The van der Waals surface area contributed by atoms with E-state index in [1.54, 1.807) is 0 Å². The third-order valence-corrected chi connectivity index (χ3v) is 2.75. The van der Waals surface area contributed by atoms with Gasteiger partial charge in [-0.05, 0) is 0 Å². The standard InChI is InChI=1S/C6H9BrO3/c7-3-1-9-6-4(8)2-10-5(3)6/h3-6,8H,1-2H2/t3-,4+,5+,6+/m0/s1. The molecule has 0 radical (unpaired) electrons. The number of fused-ring (bicyclic) bond motifs is 1. The van der Waals surface area contributed by atoms with Gasteiger partial charge in [-0.3, -0.25) is 0 Å². The summed E-state index contributed by atoms with van der Waals surface area (Å²) < 4.78 is 10.6. The van der Waals surface area contributed by atoms with Gasteiger partial charge in [-0.25, -0.2) is 0 Å². The Morgan fingerprint density at radius 2 is 1.90 bits per heavy atom. The minimum atomic E-state index is -0.424. The fourth-order valence-electron chi connectivity index (χ4n) is 1.43. The summed E-state index contributed by atoms with van der Waals surface area (Å²) in [5.74, 6) is 0. The Kier molecular flexibility index (Phi) is 1.72. The van der Waals surface area contributed by atoms with Crippen LogP contribution in [-0.2, 0) is 9.47 Å². The topological polar surface area (TPSA) is 38.7 Å². The lowest BCUT2D eigenvalue weighted by molar-refractivity contribution is 0.0188. The van der Waals surface area contributed by atoms with Gasteiger partial charge in [0, 0.05) is 0 Å². The summed E-state index contributed by atoms with van der Waals surface area (Å²) in [6, 6.07) is 0. The fourth-order valence-corrected chi connectivity index (χ4v) is 2.04. The quantitative estimate of drug-likeness (QED) is 0.566. The largest absolute Gasteiger partial charge is 0.388 e. The SMILES string of the molecule is O[C@@H]1CO[C@H]2[C@@H]1OC[C@@H]2Br. The van der Waals surface area contributed by atoms with Crippen molar-refractivity contribution < 1.29 is 14.6 Å². The van der Waals surface area contributed by atoms with E-state index in [-0.39, 0.29) is 17.0 Å². The maximum atomic E-state index is 9.25. The number of halogens is 1. The fraction of sp³-hybridized carbons (Fsp3) is 1.00. The lowest BCUT2D eigenvalue weighted by Crippen LogP contribution is -2.28. The molecule has 2 fully saturated rings. The molecule has 0 bridgehead atoms. The van der Waals surface area contributed by atoms with E-state index in [9.17, 15) is 5.11 Å². The monoisotopic (exact) mass is 208 g/mol. The summed E-state index contributed by atoms with van der Waals surface area (Å²) in [4.78, 5) is 0.259. The first-order valence-electron chi connectivity index (χ1n) is 3.34. The summed E-state index contributed by atoms with van der Waals surface area (Å²) >= 11 is 3.41. The van der Waals surface area contributed by atoms with E-state index in [2.05, 4.69) is 15.9 Å². The summed E-state index contributed by atoms with van der Waals surface area (Å²) in [6.07, 6.45) is -0.452. The van der Waals surface area contributed by atoms with Crippen LogP contribution in [0, 0.1) is 0 Å². The highest BCUT2D eigenvalue weighted by Crippen LogP contribution is 2.30. The zero-order valence-corrected chi connectivity index (χ0v) is 6.95. The maximum absolute atomic E-state index is 9.25. The molecule has 2 saturated heterocycles. The molecule has 2 rings (SSSR count). The average Bonchev–Trinajstić information content (AvgIpc) is 2.41. The van der Waals surface area contributed by atoms with Crippen molar-refractivity contribution >= 4 is 15.9 Å². The third kappa shape index (κ3) is 0.906. The molecule has 2 heterocycles. The molecule has 0 unspecified atom stereocenters.